The maximum Gasteiger partial charge on any atom is 0.238 e. The van der Waals surface area contributed by atoms with E-state index in [9.17, 15) is 27.9 Å². The molecule has 42 heavy (non-hydrogen) atoms. The molecule has 2 aromatic rings. The molecule has 2 aromatic carbocycles. The lowest BCUT2D eigenvalue weighted by Gasteiger charge is -2.59. The van der Waals surface area contributed by atoms with E-state index in [1.54, 1.807) is 25.1 Å². The first-order chi connectivity index (χ1) is 20.0. The second-order valence-electron chi connectivity index (χ2n) is 12.4. The van der Waals surface area contributed by atoms with Crippen LogP contribution in [-0.2, 0) is 19.7 Å². The first-order valence-corrected chi connectivity index (χ1v) is 14.8. The molecule has 4 aliphatic rings. The number of aliphatic hydroxyl groups is 1. The van der Waals surface area contributed by atoms with Gasteiger partial charge in [0.25, 0.3) is 0 Å². The van der Waals surface area contributed by atoms with Gasteiger partial charge in [-0.25, -0.2) is 4.39 Å². The van der Waals surface area contributed by atoms with E-state index >= 15 is 0 Å². The van der Waals surface area contributed by atoms with E-state index in [-0.39, 0.29) is 36.6 Å². The Bertz CT molecular complexity index is 1390. The zero-order chi connectivity index (χ0) is 30.0. The van der Waals surface area contributed by atoms with Crippen molar-refractivity contribution in [3.05, 3.63) is 63.4 Å². The third kappa shape index (κ3) is 4.44. The summed E-state index contributed by atoms with van der Waals surface area (Å²) in [7, 11) is 0. The second-order valence-corrected chi connectivity index (χ2v) is 13.2. The summed E-state index contributed by atoms with van der Waals surface area (Å²) in [5, 5.41) is 19.6. The Balaban J connectivity index is 1.47. The molecule has 226 valence electrons. The zero-order valence-corrected chi connectivity index (χ0v) is 24.4. The summed E-state index contributed by atoms with van der Waals surface area (Å²) in [5.74, 6) is -2.59. The summed E-state index contributed by atoms with van der Waals surface area (Å²) in [6, 6.07) is 7.32. The zero-order valence-electron chi connectivity index (χ0n) is 22.9. The van der Waals surface area contributed by atoms with Crippen molar-refractivity contribution < 1.29 is 32.6 Å². The Labute approximate surface area is 251 Å². The molecule has 0 aromatic heterocycles. The molecule has 7 nitrogen and oxygen atoms in total. The average molecular weight is 627 g/mol. The van der Waals surface area contributed by atoms with Gasteiger partial charge in [0.15, 0.2) is 0 Å². The molecular weight excluding hydrogens is 594 g/mol. The lowest BCUT2D eigenvalue weighted by Crippen LogP contribution is -2.70. The minimum atomic E-state index is -1.54. The van der Waals surface area contributed by atoms with Crippen molar-refractivity contribution in [1.82, 2.24) is 10.6 Å². The molecule has 4 N–H and O–H groups in total. The number of hydrogen-bond donors (Lipinski definition) is 4. The van der Waals surface area contributed by atoms with E-state index < -0.39 is 65.4 Å². The predicted molar refractivity (Wildman–Crippen MR) is 152 cm³/mol. The molecule has 12 heteroatoms. The number of benzene rings is 2. The fourth-order valence-electron chi connectivity index (χ4n) is 7.94. The van der Waals surface area contributed by atoms with Crippen molar-refractivity contribution in [2.24, 2.45) is 5.41 Å². The van der Waals surface area contributed by atoms with Crippen LogP contribution in [0.15, 0.2) is 36.4 Å². The van der Waals surface area contributed by atoms with Crippen LogP contribution in [0.1, 0.15) is 49.7 Å². The van der Waals surface area contributed by atoms with E-state index in [4.69, 9.17) is 27.9 Å². The number of aliphatic hydroxyl groups excluding tert-OH is 1. The van der Waals surface area contributed by atoms with Crippen molar-refractivity contribution >= 4 is 40.7 Å². The van der Waals surface area contributed by atoms with Crippen LogP contribution in [-0.4, -0.2) is 66.7 Å². The normalized spacial score (nSPS) is 31.5. The molecular formula is C30H32Cl2F3N3O4. The number of alkyl halides is 2. The van der Waals surface area contributed by atoms with Crippen LogP contribution in [0.2, 0.25) is 10.0 Å². The van der Waals surface area contributed by atoms with Crippen LogP contribution in [0.5, 0.6) is 0 Å². The quantitative estimate of drug-likeness (QED) is 0.377. The Morgan fingerprint density at radius 3 is 2.50 bits per heavy atom. The number of carbonyl (C=O) groups is 2. The third-order valence-corrected chi connectivity index (χ3v) is 10.1. The van der Waals surface area contributed by atoms with Gasteiger partial charge in [-0.05, 0) is 74.1 Å². The number of amides is 2. The standard InChI is InChI=1S/C30H32Cl2F3N3O4/c1-15(39)23-5-3-20(10-42-23)36-26(40)25-24(16-6-18(32)8-19(35)7-16)30(29(38-25)11-28(12-29,13-33)14-34)21-4-2-17(31)9-22(21)37-27(30)41/h2,4,6-9,15,20,23-25,38-39H,3,5,10-14H2,1H3,(H,36,40)(H,37,41)/t15-,20?,23+,24+,25-,30-/m1/s1. The third-order valence-electron chi connectivity index (χ3n) is 9.64. The van der Waals surface area contributed by atoms with Crippen molar-refractivity contribution in [2.45, 2.75) is 73.8 Å². The van der Waals surface area contributed by atoms with E-state index in [1.165, 1.54) is 12.1 Å². The minimum absolute atomic E-state index is 0.0611. The SMILES string of the molecule is C[C@@H](O)[C@@H]1CCC(NC(=O)[C@@H]2NC3(CC(CF)(CF)C3)[C@@]3(C(=O)Nc4cc(Cl)ccc43)[C@H]2c2cc(F)cc(Cl)c2)CO1. The summed E-state index contributed by atoms with van der Waals surface area (Å²) in [6.45, 7) is -0.0508. The van der Waals surface area contributed by atoms with E-state index in [2.05, 4.69) is 16.0 Å². The molecule has 6 atom stereocenters. The number of rotatable bonds is 6. The predicted octanol–water partition coefficient (Wildman–Crippen LogP) is 4.58. The molecule has 2 saturated heterocycles. The molecule has 6 rings (SSSR count). The minimum Gasteiger partial charge on any atom is -0.391 e. The summed E-state index contributed by atoms with van der Waals surface area (Å²) >= 11 is 12.6. The van der Waals surface area contributed by atoms with E-state index in [1.807, 2.05) is 0 Å². The molecule has 3 aliphatic heterocycles. The van der Waals surface area contributed by atoms with Gasteiger partial charge in [0, 0.05) is 32.6 Å². The highest BCUT2D eigenvalue weighted by molar-refractivity contribution is 6.31. The Hall–Kier alpha value is -2.37. The highest BCUT2D eigenvalue weighted by atomic mass is 35.5. The van der Waals surface area contributed by atoms with Crippen LogP contribution < -0.4 is 16.0 Å². The van der Waals surface area contributed by atoms with Gasteiger partial charge in [0.2, 0.25) is 11.8 Å². The van der Waals surface area contributed by atoms with Gasteiger partial charge in [-0.2, -0.15) is 0 Å². The fourth-order valence-corrected chi connectivity index (χ4v) is 8.34. The summed E-state index contributed by atoms with van der Waals surface area (Å²) in [4.78, 5) is 28.4. The van der Waals surface area contributed by atoms with Gasteiger partial charge in [-0.15, -0.1) is 0 Å². The Kier molecular flexibility index (Phi) is 7.54. The maximum atomic E-state index is 14.9. The number of ether oxygens (including phenoxy) is 1. The summed E-state index contributed by atoms with van der Waals surface area (Å²) in [6.07, 6.45) is -0.0345. The number of hydrogen-bond acceptors (Lipinski definition) is 5. The maximum absolute atomic E-state index is 14.9. The van der Waals surface area contributed by atoms with Gasteiger partial charge in [-0.1, -0.05) is 29.3 Å². The van der Waals surface area contributed by atoms with Gasteiger partial charge < -0.3 is 20.5 Å². The molecule has 1 unspecified atom stereocenters. The number of halogens is 5. The fraction of sp³-hybridized carbons (Fsp3) is 0.533. The van der Waals surface area contributed by atoms with Crippen molar-refractivity contribution in [3.8, 4) is 0 Å². The number of anilines is 1. The number of nitrogens with one attached hydrogen (secondary N) is 3. The van der Waals surface area contributed by atoms with Crippen molar-refractivity contribution in [2.75, 3.05) is 25.3 Å². The van der Waals surface area contributed by atoms with E-state index in [0.29, 0.717) is 34.7 Å². The molecule has 0 bridgehead atoms. The van der Waals surface area contributed by atoms with Crippen LogP contribution in [0, 0.1) is 11.2 Å². The molecule has 0 radical (unpaired) electrons. The van der Waals surface area contributed by atoms with Gasteiger partial charge >= 0.3 is 0 Å². The summed E-state index contributed by atoms with van der Waals surface area (Å²) < 4.78 is 49.1. The Morgan fingerprint density at radius 1 is 1.14 bits per heavy atom. The smallest absolute Gasteiger partial charge is 0.238 e. The van der Waals surface area contributed by atoms with Crippen LogP contribution >= 0.6 is 23.2 Å². The van der Waals surface area contributed by atoms with Crippen LogP contribution in [0.4, 0.5) is 18.9 Å². The highest BCUT2D eigenvalue weighted by Crippen LogP contribution is 2.68. The first-order valence-electron chi connectivity index (χ1n) is 14.0. The van der Waals surface area contributed by atoms with Crippen molar-refractivity contribution in [3.63, 3.8) is 0 Å². The largest absolute Gasteiger partial charge is 0.391 e. The second kappa shape index (κ2) is 10.7. The lowest BCUT2D eigenvalue weighted by atomic mass is 9.46. The van der Waals surface area contributed by atoms with Gasteiger partial charge in [0.1, 0.15) is 11.2 Å². The van der Waals surface area contributed by atoms with Gasteiger partial charge in [0.05, 0.1) is 44.2 Å². The van der Waals surface area contributed by atoms with Crippen LogP contribution in [0.3, 0.4) is 0 Å². The number of carbonyl (C=O) groups excluding carboxylic acids is 2. The van der Waals surface area contributed by atoms with E-state index in [0.717, 1.165) is 6.07 Å². The molecule has 1 aliphatic carbocycles. The van der Waals surface area contributed by atoms with Crippen LogP contribution in [0.25, 0.3) is 0 Å². The lowest BCUT2D eigenvalue weighted by molar-refractivity contribution is -0.131. The Morgan fingerprint density at radius 2 is 1.88 bits per heavy atom. The highest BCUT2D eigenvalue weighted by Gasteiger charge is 2.77. The topological polar surface area (TPSA) is 99.7 Å². The first kappa shape index (κ1) is 29.7. The molecule has 3 fully saturated rings. The van der Waals surface area contributed by atoms with Crippen molar-refractivity contribution in [1.29, 1.82) is 0 Å². The average Bonchev–Trinajstić information content (AvgIpc) is 3.39. The monoisotopic (exact) mass is 625 g/mol. The molecule has 2 spiro atoms. The van der Waals surface area contributed by atoms with Gasteiger partial charge in [-0.3, -0.25) is 23.7 Å². The molecule has 1 saturated carbocycles. The molecule has 2 amide bonds. The molecule has 3 heterocycles. The number of fused-ring (bicyclic) bond motifs is 3. The summed E-state index contributed by atoms with van der Waals surface area (Å²) in [5.41, 5.74) is -2.87.